The molecule has 0 aliphatic carbocycles. The van der Waals surface area contributed by atoms with Gasteiger partial charge in [-0.3, -0.25) is 0 Å². The molecule has 0 spiro atoms. The number of esters is 1. The van der Waals surface area contributed by atoms with Crippen LogP contribution in [0.5, 0.6) is 0 Å². The highest BCUT2D eigenvalue weighted by molar-refractivity contribution is 7.89. The van der Waals surface area contributed by atoms with Crippen LogP contribution in [-0.2, 0) is 14.8 Å². The van der Waals surface area contributed by atoms with Crippen LogP contribution in [0.2, 0.25) is 0 Å². The summed E-state index contributed by atoms with van der Waals surface area (Å²) in [5.41, 5.74) is 1.05. The van der Waals surface area contributed by atoms with E-state index in [1.165, 1.54) is 10.4 Å². The summed E-state index contributed by atoms with van der Waals surface area (Å²) in [6.07, 6.45) is 0. The Hall–Kier alpha value is -1.90. The van der Waals surface area contributed by atoms with Gasteiger partial charge in [0.25, 0.3) is 0 Å². The van der Waals surface area contributed by atoms with Crippen LogP contribution in [0.4, 0.5) is 0 Å². The Morgan fingerprint density at radius 1 is 1.31 bits per heavy atom. The molecule has 2 aromatic rings. The molecule has 1 N–H and O–H groups in total. The molecule has 3 rings (SSSR count). The van der Waals surface area contributed by atoms with E-state index in [0.717, 1.165) is 0 Å². The highest BCUT2D eigenvalue weighted by Gasteiger charge is 2.32. The van der Waals surface area contributed by atoms with Gasteiger partial charge in [0.2, 0.25) is 15.8 Å². The average Bonchev–Trinajstić information content (AvgIpc) is 2.91. The van der Waals surface area contributed by atoms with E-state index >= 15 is 0 Å². The highest BCUT2D eigenvalue weighted by atomic mass is 32.2. The van der Waals surface area contributed by atoms with Crippen molar-refractivity contribution in [3.05, 3.63) is 29.5 Å². The van der Waals surface area contributed by atoms with Crippen molar-refractivity contribution in [3.63, 3.8) is 0 Å². The van der Waals surface area contributed by atoms with E-state index in [4.69, 9.17) is 9.15 Å². The number of aryl methyl sites for hydroxylation is 1. The Balaban J connectivity index is 2.00. The second-order valence-electron chi connectivity index (χ2n) is 6.73. The molecule has 2 atom stereocenters. The molecule has 1 fully saturated rings. The molecule has 8 heteroatoms. The van der Waals surface area contributed by atoms with E-state index < -0.39 is 16.0 Å². The maximum atomic E-state index is 13.1. The summed E-state index contributed by atoms with van der Waals surface area (Å²) in [7, 11) is -3.62. The smallest absolute Gasteiger partial charge is 0.374 e. The largest absolute Gasteiger partial charge is 0.460 e. The van der Waals surface area contributed by atoms with Gasteiger partial charge >= 0.3 is 5.97 Å². The Bertz CT molecular complexity index is 924. The van der Waals surface area contributed by atoms with Crippen LogP contribution in [0.3, 0.4) is 0 Å². The lowest BCUT2D eigenvalue weighted by atomic mass is 10.1. The number of benzene rings is 1. The first-order valence-corrected chi connectivity index (χ1v) is 10.1. The summed E-state index contributed by atoms with van der Waals surface area (Å²) in [4.78, 5) is 12.2. The maximum absolute atomic E-state index is 13.1. The van der Waals surface area contributed by atoms with Crippen LogP contribution in [-0.4, -0.2) is 50.5 Å². The lowest BCUT2D eigenvalue weighted by molar-refractivity contribution is 0.0491. The Morgan fingerprint density at radius 2 is 1.96 bits per heavy atom. The van der Waals surface area contributed by atoms with E-state index in [0.29, 0.717) is 29.6 Å². The number of hydrogen-bond donors (Lipinski definition) is 1. The molecule has 142 valence electrons. The Kier molecular flexibility index (Phi) is 5.09. The molecule has 2 heterocycles. The molecular formula is C18H24N2O5S. The normalized spacial score (nSPS) is 21.8. The number of furan rings is 1. The van der Waals surface area contributed by atoms with Gasteiger partial charge in [-0.05, 0) is 45.9 Å². The van der Waals surface area contributed by atoms with Crippen LogP contribution in [0, 0.1) is 6.92 Å². The van der Waals surface area contributed by atoms with Crippen LogP contribution in [0.15, 0.2) is 27.5 Å². The molecule has 7 nitrogen and oxygen atoms in total. The van der Waals surface area contributed by atoms with Crippen molar-refractivity contribution in [1.82, 2.24) is 9.62 Å². The van der Waals surface area contributed by atoms with Crippen molar-refractivity contribution in [2.75, 3.05) is 19.7 Å². The third-order valence-electron chi connectivity index (χ3n) is 4.53. The van der Waals surface area contributed by atoms with Gasteiger partial charge in [-0.15, -0.1) is 0 Å². The zero-order valence-electron chi connectivity index (χ0n) is 15.4. The molecule has 0 bridgehead atoms. The van der Waals surface area contributed by atoms with Crippen molar-refractivity contribution >= 4 is 27.0 Å². The standard InChI is InChI=1S/C18H24N2O5S/c1-5-24-18(21)17-13(4)15-8-14(6-7-16(15)25-17)26(22,23)20-9-11(2)19-12(3)10-20/h6-8,11-12,19H,5,9-10H2,1-4H3. The summed E-state index contributed by atoms with van der Waals surface area (Å²) in [6, 6.07) is 4.86. The number of carbonyl (C=O) groups excluding carboxylic acids is 1. The van der Waals surface area contributed by atoms with Crippen LogP contribution in [0.1, 0.15) is 36.9 Å². The summed E-state index contributed by atoms with van der Waals surface area (Å²) < 4.78 is 38.2. The van der Waals surface area contributed by atoms with Gasteiger partial charge in [0.05, 0.1) is 11.5 Å². The van der Waals surface area contributed by atoms with E-state index in [-0.39, 0.29) is 29.3 Å². The number of carbonyl (C=O) groups is 1. The average molecular weight is 380 g/mol. The monoisotopic (exact) mass is 380 g/mol. The first-order valence-electron chi connectivity index (χ1n) is 8.70. The van der Waals surface area contributed by atoms with Crippen molar-refractivity contribution in [1.29, 1.82) is 0 Å². The number of hydrogen-bond acceptors (Lipinski definition) is 6. The van der Waals surface area contributed by atoms with E-state index in [9.17, 15) is 13.2 Å². The number of nitrogens with zero attached hydrogens (tertiary/aromatic N) is 1. The summed E-state index contributed by atoms with van der Waals surface area (Å²) in [5, 5.41) is 3.93. The van der Waals surface area contributed by atoms with Crippen molar-refractivity contribution in [2.24, 2.45) is 0 Å². The van der Waals surface area contributed by atoms with Crippen molar-refractivity contribution < 1.29 is 22.4 Å². The van der Waals surface area contributed by atoms with E-state index in [1.807, 2.05) is 13.8 Å². The van der Waals surface area contributed by atoms with Crippen molar-refractivity contribution in [2.45, 2.75) is 44.7 Å². The second-order valence-corrected chi connectivity index (χ2v) is 8.66. The summed E-state index contributed by atoms with van der Waals surface area (Å²) in [5.74, 6) is -0.434. The first-order chi connectivity index (χ1) is 12.2. The van der Waals surface area contributed by atoms with Gasteiger partial charge in [-0.2, -0.15) is 4.31 Å². The predicted molar refractivity (Wildman–Crippen MR) is 97.7 cm³/mol. The zero-order chi connectivity index (χ0) is 19.1. The molecule has 0 radical (unpaired) electrons. The van der Waals surface area contributed by atoms with Gasteiger partial charge in [0.15, 0.2) is 0 Å². The molecule has 1 aromatic heterocycles. The molecule has 1 saturated heterocycles. The topological polar surface area (TPSA) is 88.8 Å². The van der Waals surface area contributed by atoms with Gasteiger partial charge in [-0.25, -0.2) is 13.2 Å². The summed E-state index contributed by atoms with van der Waals surface area (Å²) in [6.45, 7) is 8.46. The van der Waals surface area contributed by atoms with Gasteiger partial charge in [-0.1, -0.05) is 0 Å². The minimum Gasteiger partial charge on any atom is -0.460 e. The number of piperazine rings is 1. The second kappa shape index (κ2) is 7.02. The maximum Gasteiger partial charge on any atom is 0.374 e. The van der Waals surface area contributed by atoms with Gasteiger partial charge < -0.3 is 14.5 Å². The highest BCUT2D eigenvalue weighted by Crippen LogP contribution is 2.29. The van der Waals surface area contributed by atoms with Crippen LogP contribution < -0.4 is 5.32 Å². The van der Waals surface area contributed by atoms with Crippen molar-refractivity contribution in [3.8, 4) is 0 Å². The molecule has 0 amide bonds. The lowest BCUT2D eigenvalue weighted by Crippen LogP contribution is -2.55. The fourth-order valence-corrected chi connectivity index (χ4v) is 5.02. The third-order valence-corrected chi connectivity index (χ3v) is 6.36. The van der Waals surface area contributed by atoms with Crippen LogP contribution in [0.25, 0.3) is 11.0 Å². The molecule has 2 unspecified atom stereocenters. The fourth-order valence-electron chi connectivity index (χ4n) is 3.37. The molecule has 1 aromatic carbocycles. The first kappa shape index (κ1) is 18.9. The number of rotatable bonds is 4. The molecule has 1 aliphatic heterocycles. The van der Waals surface area contributed by atoms with Gasteiger partial charge in [0.1, 0.15) is 5.58 Å². The Morgan fingerprint density at radius 3 is 2.58 bits per heavy atom. The predicted octanol–water partition coefficient (Wildman–Crippen LogP) is 2.29. The lowest BCUT2D eigenvalue weighted by Gasteiger charge is -2.35. The number of sulfonamides is 1. The summed E-state index contributed by atoms with van der Waals surface area (Å²) >= 11 is 0. The molecule has 0 saturated carbocycles. The van der Waals surface area contributed by atoms with E-state index in [2.05, 4.69) is 5.32 Å². The van der Waals surface area contributed by atoms with E-state index in [1.54, 1.807) is 26.0 Å². The molecule has 26 heavy (non-hydrogen) atoms. The third kappa shape index (κ3) is 3.36. The number of ether oxygens (including phenoxy) is 1. The SMILES string of the molecule is CCOC(=O)c1oc2ccc(S(=O)(=O)N3CC(C)NC(C)C3)cc2c1C. The van der Waals surface area contributed by atoms with Gasteiger partial charge in [0, 0.05) is 36.1 Å². The zero-order valence-corrected chi connectivity index (χ0v) is 16.2. The molecular weight excluding hydrogens is 356 g/mol. The Labute approximate surface area is 153 Å². The quantitative estimate of drug-likeness (QED) is 0.819. The number of fused-ring (bicyclic) bond motifs is 1. The van der Waals surface area contributed by atoms with Crippen LogP contribution >= 0.6 is 0 Å². The minimum absolute atomic E-state index is 0.0864. The molecule has 1 aliphatic rings. The minimum atomic E-state index is -3.62. The number of nitrogens with one attached hydrogen (secondary N) is 1. The fraction of sp³-hybridized carbons (Fsp3) is 0.500.